The molecule has 0 aromatic rings. The fraction of sp³-hybridized carbons (Fsp3) is 0.846. The number of ether oxygens (including phenoxy) is 2. The lowest BCUT2D eigenvalue weighted by molar-refractivity contribution is -0.155. The molecule has 2 bridgehead atoms. The van der Waals surface area contributed by atoms with Gasteiger partial charge in [-0.05, 0) is 44.4 Å². The molecule has 4 nitrogen and oxygen atoms in total. The first-order chi connectivity index (χ1) is 8.19. The summed E-state index contributed by atoms with van der Waals surface area (Å²) in [5.41, 5.74) is 0. The lowest BCUT2D eigenvalue weighted by Gasteiger charge is -2.21. The molecule has 0 aliphatic heterocycles. The average Bonchev–Trinajstić information content (AvgIpc) is 2.88. The first kappa shape index (κ1) is 12.4. The minimum absolute atomic E-state index is 0.114. The van der Waals surface area contributed by atoms with Crippen molar-refractivity contribution in [2.24, 2.45) is 11.8 Å². The van der Waals surface area contributed by atoms with Gasteiger partial charge in [-0.25, -0.2) is 0 Å². The number of hydrogen-bond acceptors (Lipinski definition) is 4. The lowest BCUT2D eigenvalue weighted by Crippen LogP contribution is -2.24. The van der Waals surface area contributed by atoms with Crippen LogP contribution in [0.4, 0.5) is 0 Å². The van der Waals surface area contributed by atoms with E-state index in [1.165, 1.54) is 19.3 Å². The van der Waals surface area contributed by atoms with Crippen molar-refractivity contribution < 1.29 is 19.1 Å². The Morgan fingerprint density at radius 1 is 1.12 bits per heavy atom. The molecule has 17 heavy (non-hydrogen) atoms. The van der Waals surface area contributed by atoms with Gasteiger partial charge in [0, 0.05) is 0 Å². The summed E-state index contributed by atoms with van der Waals surface area (Å²) < 4.78 is 10.2. The van der Waals surface area contributed by atoms with E-state index in [-0.39, 0.29) is 30.9 Å². The van der Waals surface area contributed by atoms with Gasteiger partial charge in [-0.2, -0.15) is 0 Å². The van der Waals surface area contributed by atoms with Crippen LogP contribution in [-0.2, 0) is 19.1 Å². The van der Waals surface area contributed by atoms with Gasteiger partial charge in [0.15, 0.2) is 0 Å². The van der Waals surface area contributed by atoms with E-state index < -0.39 is 0 Å². The van der Waals surface area contributed by atoms with Crippen LogP contribution in [0.3, 0.4) is 0 Å². The molecule has 0 N–H and O–H groups in total. The molecule has 96 valence electrons. The summed E-state index contributed by atoms with van der Waals surface area (Å²) in [5.74, 6) is 0.766. The average molecular weight is 240 g/mol. The fourth-order valence-electron chi connectivity index (χ4n) is 3.00. The number of rotatable bonds is 5. The largest absolute Gasteiger partial charge is 0.466 e. The van der Waals surface area contributed by atoms with Crippen molar-refractivity contribution in [1.82, 2.24) is 0 Å². The van der Waals surface area contributed by atoms with Gasteiger partial charge in [0.1, 0.15) is 6.10 Å². The summed E-state index contributed by atoms with van der Waals surface area (Å²) in [5, 5.41) is 0. The highest BCUT2D eigenvalue weighted by Gasteiger charge is 2.41. The Morgan fingerprint density at radius 2 is 1.88 bits per heavy atom. The van der Waals surface area contributed by atoms with Gasteiger partial charge in [0.05, 0.1) is 19.4 Å². The lowest BCUT2D eigenvalue weighted by atomic mass is 9.98. The molecule has 0 saturated heterocycles. The van der Waals surface area contributed by atoms with Gasteiger partial charge < -0.3 is 9.47 Å². The Kier molecular flexibility index (Phi) is 4.02. The first-order valence-corrected chi connectivity index (χ1v) is 6.54. The van der Waals surface area contributed by atoms with E-state index in [0.29, 0.717) is 12.5 Å². The Morgan fingerprint density at radius 3 is 2.47 bits per heavy atom. The molecule has 0 aromatic heterocycles. The molecule has 2 aliphatic rings. The maximum absolute atomic E-state index is 11.6. The molecule has 0 amide bonds. The van der Waals surface area contributed by atoms with Gasteiger partial charge in [-0.3, -0.25) is 9.59 Å². The highest BCUT2D eigenvalue weighted by Crippen LogP contribution is 2.45. The van der Waals surface area contributed by atoms with Crippen LogP contribution in [0.25, 0.3) is 0 Å². The van der Waals surface area contributed by atoms with E-state index in [1.54, 1.807) is 6.92 Å². The summed E-state index contributed by atoms with van der Waals surface area (Å²) >= 11 is 0. The van der Waals surface area contributed by atoms with E-state index in [2.05, 4.69) is 0 Å². The predicted octanol–water partition coefficient (Wildman–Crippen LogP) is 2.06. The zero-order chi connectivity index (χ0) is 12.3. The van der Waals surface area contributed by atoms with Crippen LogP contribution >= 0.6 is 0 Å². The summed E-state index contributed by atoms with van der Waals surface area (Å²) in [6, 6.07) is 0. The molecule has 2 fully saturated rings. The minimum atomic E-state index is -0.322. The second-order valence-electron chi connectivity index (χ2n) is 5.01. The van der Waals surface area contributed by atoms with Crippen LogP contribution in [0.1, 0.15) is 45.4 Å². The van der Waals surface area contributed by atoms with E-state index >= 15 is 0 Å². The molecular formula is C13H20O4. The van der Waals surface area contributed by atoms with Gasteiger partial charge in [0.25, 0.3) is 0 Å². The summed E-state index contributed by atoms with van der Waals surface area (Å²) in [6.07, 6.45) is 5.12. The van der Waals surface area contributed by atoms with Crippen LogP contribution in [-0.4, -0.2) is 24.6 Å². The highest BCUT2D eigenvalue weighted by atomic mass is 16.5. The van der Waals surface area contributed by atoms with Gasteiger partial charge in [0.2, 0.25) is 0 Å². The number of esters is 2. The smallest absolute Gasteiger partial charge is 0.306 e. The SMILES string of the molecule is CCOC(=O)CCC(=O)OC1CC2CCC1C2. The molecule has 0 radical (unpaired) electrons. The monoisotopic (exact) mass is 240 g/mol. The van der Waals surface area contributed by atoms with E-state index in [0.717, 1.165) is 12.3 Å². The summed E-state index contributed by atoms with van der Waals surface area (Å²) in [6.45, 7) is 2.12. The molecule has 0 spiro atoms. The summed E-state index contributed by atoms with van der Waals surface area (Å²) in [4.78, 5) is 22.6. The quantitative estimate of drug-likeness (QED) is 0.690. The Balaban J connectivity index is 1.66. The van der Waals surface area contributed by atoms with Crippen molar-refractivity contribution in [3.05, 3.63) is 0 Å². The second kappa shape index (κ2) is 5.52. The topological polar surface area (TPSA) is 52.6 Å². The molecule has 4 heteroatoms. The maximum atomic E-state index is 11.6. The van der Waals surface area contributed by atoms with Crippen LogP contribution in [0, 0.1) is 11.8 Å². The number of hydrogen-bond donors (Lipinski definition) is 0. The minimum Gasteiger partial charge on any atom is -0.466 e. The second-order valence-corrected chi connectivity index (χ2v) is 5.01. The van der Waals surface area contributed by atoms with Crippen molar-refractivity contribution in [2.75, 3.05) is 6.61 Å². The number of fused-ring (bicyclic) bond motifs is 2. The molecule has 2 saturated carbocycles. The van der Waals surface area contributed by atoms with Crippen molar-refractivity contribution >= 4 is 11.9 Å². The third-order valence-corrected chi connectivity index (χ3v) is 3.79. The normalized spacial score (nSPS) is 30.3. The van der Waals surface area contributed by atoms with Gasteiger partial charge in [-0.1, -0.05) is 0 Å². The molecule has 3 unspecified atom stereocenters. The zero-order valence-corrected chi connectivity index (χ0v) is 10.3. The van der Waals surface area contributed by atoms with Crippen molar-refractivity contribution in [3.63, 3.8) is 0 Å². The van der Waals surface area contributed by atoms with Crippen molar-refractivity contribution in [2.45, 2.75) is 51.6 Å². The van der Waals surface area contributed by atoms with Crippen LogP contribution in [0.5, 0.6) is 0 Å². The van der Waals surface area contributed by atoms with E-state index in [4.69, 9.17) is 9.47 Å². The molecular weight excluding hydrogens is 220 g/mol. The molecule has 2 aliphatic carbocycles. The van der Waals surface area contributed by atoms with Gasteiger partial charge >= 0.3 is 11.9 Å². The maximum Gasteiger partial charge on any atom is 0.306 e. The molecule has 3 atom stereocenters. The fourth-order valence-corrected chi connectivity index (χ4v) is 3.00. The van der Waals surface area contributed by atoms with Crippen LogP contribution in [0.15, 0.2) is 0 Å². The number of carbonyl (C=O) groups excluding carboxylic acids is 2. The molecule has 0 heterocycles. The number of carbonyl (C=O) groups is 2. The summed E-state index contributed by atoms with van der Waals surface area (Å²) in [7, 11) is 0. The van der Waals surface area contributed by atoms with E-state index in [9.17, 15) is 9.59 Å². The van der Waals surface area contributed by atoms with Gasteiger partial charge in [-0.15, -0.1) is 0 Å². The first-order valence-electron chi connectivity index (χ1n) is 6.54. The third-order valence-electron chi connectivity index (χ3n) is 3.79. The van der Waals surface area contributed by atoms with Crippen molar-refractivity contribution in [3.8, 4) is 0 Å². The van der Waals surface area contributed by atoms with Crippen LogP contribution in [0.2, 0.25) is 0 Å². The predicted molar refractivity (Wildman–Crippen MR) is 61.2 cm³/mol. The molecule has 0 aromatic carbocycles. The molecule has 2 rings (SSSR count). The van der Waals surface area contributed by atoms with E-state index in [1.807, 2.05) is 0 Å². The van der Waals surface area contributed by atoms with Crippen molar-refractivity contribution in [1.29, 1.82) is 0 Å². The van der Waals surface area contributed by atoms with Crippen LogP contribution < -0.4 is 0 Å². The Labute approximate surface area is 102 Å². The Bertz CT molecular complexity index is 300. The standard InChI is InChI=1S/C13H20O4/c1-2-16-12(14)5-6-13(15)17-11-8-9-3-4-10(11)7-9/h9-11H,2-8H2,1H3. The third kappa shape index (κ3) is 3.20. The zero-order valence-electron chi connectivity index (χ0n) is 10.3. The highest BCUT2D eigenvalue weighted by molar-refractivity contribution is 5.77. The Hall–Kier alpha value is -1.06.